The number of nitrogens with zero attached hydrogens (tertiary/aromatic N) is 3. The average Bonchev–Trinajstić information content (AvgIpc) is 3.61. The molecule has 0 atom stereocenters. The third kappa shape index (κ3) is 7.33. The number of amides is 2. The van der Waals surface area contributed by atoms with E-state index in [1.807, 2.05) is 6.07 Å². The standard InChI is InChI=1S/C54H50ClN5O7/c1-30-40(41-28-36(66-2)16-18-45(41)60(30)53(63)31-11-14-35(55)15-12-31)29-46(61)56-19-20-57-52(62)34-13-17-37(42(27-34)54(64)65)47-43-25-32-7-3-21-58-23-5-9-38(48(32)58)50(43)67-51-39-10-6-24-59-22-4-8-33(49(39)59)26-44(47)51/h11-18,25-28H,3-10,19-24,29H2,1-2H3,(H2-,56,57,61,62,64,65). The van der Waals surface area contributed by atoms with Crippen molar-refractivity contribution in [3.05, 3.63) is 150 Å². The van der Waals surface area contributed by atoms with Gasteiger partial charge in [0.1, 0.15) is 30.3 Å². The number of carbonyl (C=O) groups excluding carboxylic acids is 4. The van der Waals surface area contributed by atoms with Crippen molar-refractivity contribution in [2.75, 3.05) is 51.3 Å². The molecule has 2 N–H and O–H groups in total. The van der Waals surface area contributed by atoms with Gasteiger partial charge in [-0.05, 0) is 129 Å². The molecule has 2 amide bonds. The number of halogens is 1. The molecule has 0 spiro atoms. The Balaban J connectivity index is 0.873. The summed E-state index contributed by atoms with van der Waals surface area (Å²) in [5, 5.41) is 22.4. The van der Waals surface area contributed by atoms with Crippen LogP contribution in [0.15, 0.2) is 72.8 Å². The zero-order valence-corrected chi connectivity index (χ0v) is 38.4. The van der Waals surface area contributed by atoms with Crippen LogP contribution in [0.4, 0.5) is 5.69 Å². The lowest BCUT2D eigenvalue weighted by molar-refractivity contribution is -0.255. The summed E-state index contributed by atoms with van der Waals surface area (Å²) in [5.41, 5.74) is 10.9. The van der Waals surface area contributed by atoms with E-state index >= 15 is 0 Å². The number of aromatic nitrogens is 1. The number of fused-ring (bicyclic) bond motifs is 5. The first-order valence-corrected chi connectivity index (χ1v) is 23.8. The number of aromatic carboxylic acids is 1. The Morgan fingerprint density at radius 3 is 2.31 bits per heavy atom. The Bertz CT molecular complexity index is 3260. The smallest absolute Gasteiger partial charge is 0.262 e. The van der Waals surface area contributed by atoms with E-state index in [0.717, 1.165) is 105 Å². The van der Waals surface area contributed by atoms with Gasteiger partial charge in [0.15, 0.2) is 0 Å². The highest BCUT2D eigenvalue weighted by atomic mass is 35.5. The van der Waals surface area contributed by atoms with Gasteiger partial charge in [-0.2, -0.15) is 0 Å². The quantitative estimate of drug-likeness (QED) is 0.141. The van der Waals surface area contributed by atoms with E-state index in [1.165, 1.54) is 39.4 Å². The SMILES string of the molecule is COc1ccc2c(c1)c(CC(=O)NCCNC(=O)c1ccc(C3=c4cc5c6c(c4Oc4c3cc3c7c4CCCN7CCC3)CCC[N+]=6CCC5)c(C(=O)[O-])c1)c(C)n2C(=O)c1ccc(Cl)cc1. The molecule has 5 aliphatic rings. The van der Waals surface area contributed by atoms with Gasteiger partial charge < -0.3 is 34.9 Å². The largest absolute Gasteiger partial charge is 0.545 e. The average molecular weight is 916 g/mol. The highest BCUT2D eigenvalue weighted by molar-refractivity contribution is 6.30. The molecule has 0 bridgehead atoms. The minimum atomic E-state index is -1.38. The van der Waals surface area contributed by atoms with Gasteiger partial charge in [-0.3, -0.25) is 19.0 Å². The maximum atomic E-state index is 13.8. The molecule has 6 heterocycles. The summed E-state index contributed by atoms with van der Waals surface area (Å²) in [6.45, 7) is 6.07. The van der Waals surface area contributed by atoms with Gasteiger partial charge >= 0.3 is 0 Å². The fourth-order valence-corrected chi connectivity index (χ4v) is 11.5. The molecule has 5 aromatic carbocycles. The highest BCUT2D eigenvalue weighted by Crippen LogP contribution is 2.49. The van der Waals surface area contributed by atoms with E-state index in [4.69, 9.17) is 21.1 Å². The number of methoxy groups -OCH3 is 1. The first-order chi connectivity index (χ1) is 32.6. The van der Waals surface area contributed by atoms with E-state index in [0.29, 0.717) is 44.1 Å². The summed E-state index contributed by atoms with van der Waals surface area (Å²) in [5.74, 6) is -0.197. The lowest BCUT2D eigenvalue weighted by Gasteiger charge is -2.39. The molecule has 0 radical (unpaired) electrons. The Labute approximate surface area is 392 Å². The van der Waals surface area contributed by atoms with Crippen LogP contribution >= 0.6 is 11.6 Å². The molecule has 0 fully saturated rings. The molecule has 67 heavy (non-hydrogen) atoms. The van der Waals surface area contributed by atoms with Crippen LogP contribution in [0.3, 0.4) is 0 Å². The van der Waals surface area contributed by atoms with Crippen molar-refractivity contribution in [1.29, 1.82) is 0 Å². The number of hydrogen-bond acceptors (Lipinski definition) is 8. The molecular weight excluding hydrogens is 866 g/mol. The fourth-order valence-electron chi connectivity index (χ4n) is 11.4. The minimum Gasteiger partial charge on any atom is -0.545 e. The van der Waals surface area contributed by atoms with Crippen LogP contribution in [0, 0.1) is 6.92 Å². The molecular formula is C54H50ClN5O7. The van der Waals surface area contributed by atoms with E-state index in [1.54, 1.807) is 67.1 Å². The lowest BCUT2D eigenvalue weighted by atomic mass is 9.81. The van der Waals surface area contributed by atoms with Crippen molar-refractivity contribution in [1.82, 2.24) is 19.8 Å². The van der Waals surface area contributed by atoms with E-state index in [-0.39, 0.29) is 42.5 Å². The van der Waals surface area contributed by atoms with Crippen LogP contribution in [0.25, 0.3) is 16.5 Å². The van der Waals surface area contributed by atoms with Crippen LogP contribution in [-0.4, -0.2) is 74.6 Å². The molecule has 6 aromatic rings. The molecule has 12 nitrogen and oxygen atoms in total. The van der Waals surface area contributed by atoms with Crippen LogP contribution < -0.4 is 45.3 Å². The van der Waals surface area contributed by atoms with E-state index < -0.39 is 11.9 Å². The molecule has 0 saturated heterocycles. The Morgan fingerprint density at radius 1 is 0.791 bits per heavy atom. The summed E-state index contributed by atoms with van der Waals surface area (Å²) in [6, 6.07) is 21.3. The number of carbonyl (C=O) groups is 4. The molecule has 11 rings (SSSR count). The van der Waals surface area contributed by atoms with Crippen LogP contribution in [0.5, 0.6) is 17.2 Å². The predicted molar refractivity (Wildman–Crippen MR) is 255 cm³/mol. The van der Waals surface area contributed by atoms with Crippen molar-refractivity contribution >= 4 is 57.5 Å². The topological polar surface area (TPSA) is 145 Å². The summed E-state index contributed by atoms with van der Waals surface area (Å²) >= 11 is 6.09. The molecule has 0 unspecified atom stereocenters. The number of hydrogen-bond donors (Lipinski definition) is 2. The Hall–Kier alpha value is -6.92. The Morgan fingerprint density at radius 2 is 1.52 bits per heavy atom. The number of nitrogens with one attached hydrogen (secondary N) is 2. The van der Waals surface area contributed by atoms with E-state index in [9.17, 15) is 24.3 Å². The van der Waals surface area contributed by atoms with Gasteiger partial charge in [0.05, 0.1) is 30.6 Å². The molecule has 340 valence electrons. The van der Waals surface area contributed by atoms with Crippen LogP contribution in [0.2, 0.25) is 5.02 Å². The number of benzene rings is 5. The van der Waals surface area contributed by atoms with Crippen LogP contribution in [0.1, 0.15) is 101 Å². The van der Waals surface area contributed by atoms with Crippen molar-refractivity contribution < 1.29 is 33.8 Å². The van der Waals surface area contributed by atoms with Gasteiger partial charge in [0.25, 0.3) is 11.8 Å². The number of rotatable bonds is 10. The maximum absolute atomic E-state index is 13.8. The highest BCUT2D eigenvalue weighted by Gasteiger charge is 2.36. The first kappa shape index (κ1) is 42.7. The number of aryl methyl sites for hydroxylation is 2. The summed E-state index contributed by atoms with van der Waals surface area (Å²) in [4.78, 5) is 56.7. The molecule has 0 aliphatic carbocycles. The number of anilines is 1. The van der Waals surface area contributed by atoms with Gasteiger partial charge in [0, 0.05) is 105 Å². The van der Waals surface area contributed by atoms with Gasteiger partial charge in [0.2, 0.25) is 11.3 Å². The zero-order chi connectivity index (χ0) is 46.1. The molecule has 13 heteroatoms. The zero-order valence-electron chi connectivity index (χ0n) is 37.6. The third-order valence-corrected chi connectivity index (χ3v) is 14.6. The normalized spacial score (nSPS) is 15.5. The second-order valence-electron chi connectivity index (χ2n) is 18.3. The van der Waals surface area contributed by atoms with E-state index in [2.05, 4.69) is 32.2 Å². The maximum Gasteiger partial charge on any atom is 0.262 e. The summed E-state index contributed by atoms with van der Waals surface area (Å²) in [6.07, 6.45) is 7.77. The van der Waals surface area contributed by atoms with Gasteiger partial charge in [-0.25, -0.2) is 4.58 Å². The number of carboxylic acids is 1. The minimum absolute atomic E-state index is 0.0258. The lowest BCUT2D eigenvalue weighted by Crippen LogP contribution is -2.45. The van der Waals surface area contributed by atoms with Crippen molar-refractivity contribution in [2.24, 2.45) is 0 Å². The monoisotopic (exact) mass is 915 g/mol. The second-order valence-corrected chi connectivity index (χ2v) is 18.7. The number of ether oxygens (including phenoxy) is 2. The van der Waals surface area contributed by atoms with Gasteiger partial charge in [-0.1, -0.05) is 17.7 Å². The summed E-state index contributed by atoms with van der Waals surface area (Å²) < 4.78 is 16.7. The predicted octanol–water partition coefficient (Wildman–Crippen LogP) is 5.19. The first-order valence-electron chi connectivity index (χ1n) is 23.4. The van der Waals surface area contributed by atoms with Crippen molar-refractivity contribution in [3.63, 3.8) is 0 Å². The second kappa shape index (κ2) is 17.1. The summed E-state index contributed by atoms with van der Waals surface area (Å²) in [7, 11) is 1.56. The third-order valence-electron chi connectivity index (χ3n) is 14.4. The molecule has 5 aliphatic heterocycles. The van der Waals surface area contributed by atoms with Crippen LogP contribution in [-0.2, 0) is 36.9 Å². The fraction of sp³-hybridized carbons (Fsp3) is 0.315. The van der Waals surface area contributed by atoms with Gasteiger partial charge in [-0.15, -0.1) is 0 Å². The van der Waals surface area contributed by atoms with Crippen molar-refractivity contribution in [3.8, 4) is 17.2 Å². The van der Waals surface area contributed by atoms with Crippen molar-refractivity contribution in [2.45, 2.75) is 64.7 Å². The molecule has 1 aromatic heterocycles. The number of carboxylic acid groups (broad SMARTS) is 1. The molecule has 0 saturated carbocycles. The Kier molecular flexibility index (Phi) is 10.9.